The van der Waals surface area contributed by atoms with Crippen LogP contribution in [0.15, 0.2) is 0 Å². The lowest BCUT2D eigenvalue weighted by Crippen LogP contribution is -2.47. The number of carbonyl (C=O) groups excluding carboxylic acids is 1. The van der Waals surface area contributed by atoms with Gasteiger partial charge in [-0.25, -0.2) is 4.79 Å². The van der Waals surface area contributed by atoms with Gasteiger partial charge < -0.3 is 15.0 Å². The highest BCUT2D eigenvalue weighted by Gasteiger charge is 2.35. The molecule has 2 unspecified atom stereocenters. The highest BCUT2D eigenvalue weighted by atomic mass is 16.5. The topological polar surface area (TPSA) is 41.6 Å². The van der Waals surface area contributed by atoms with Gasteiger partial charge in [0.25, 0.3) is 0 Å². The van der Waals surface area contributed by atoms with Gasteiger partial charge in [-0.15, -0.1) is 0 Å². The van der Waals surface area contributed by atoms with Crippen molar-refractivity contribution in [2.45, 2.75) is 71.4 Å². The zero-order valence-corrected chi connectivity index (χ0v) is 13.9. The average Bonchev–Trinajstić information content (AvgIpc) is 3.12. The molecule has 2 amide bonds. The first-order chi connectivity index (χ1) is 10.1. The van der Waals surface area contributed by atoms with Crippen molar-refractivity contribution in [3.8, 4) is 0 Å². The molecule has 2 aliphatic rings. The molecule has 2 fully saturated rings. The van der Waals surface area contributed by atoms with E-state index in [1.165, 1.54) is 25.7 Å². The predicted molar refractivity (Wildman–Crippen MR) is 85.3 cm³/mol. The molecule has 1 heterocycles. The molecule has 4 nitrogen and oxygen atoms in total. The summed E-state index contributed by atoms with van der Waals surface area (Å²) < 4.78 is 5.44. The highest BCUT2D eigenvalue weighted by molar-refractivity contribution is 5.75. The molecule has 1 aliphatic heterocycles. The van der Waals surface area contributed by atoms with Gasteiger partial charge in [0.1, 0.15) is 0 Å². The van der Waals surface area contributed by atoms with E-state index in [2.05, 4.69) is 31.0 Å². The highest BCUT2D eigenvalue weighted by Crippen LogP contribution is 2.29. The fraction of sp³-hybridized carbons (Fsp3) is 0.941. The van der Waals surface area contributed by atoms with E-state index in [1.807, 2.05) is 0 Å². The van der Waals surface area contributed by atoms with E-state index in [0.29, 0.717) is 12.0 Å². The van der Waals surface area contributed by atoms with Gasteiger partial charge in [-0.2, -0.15) is 0 Å². The van der Waals surface area contributed by atoms with Crippen molar-refractivity contribution < 1.29 is 9.53 Å². The summed E-state index contributed by atoms with van der Waals surface area (Å²) >= 11 is 0. The van der Waals surface area contributed by atoms with Crippen LogP contribution in [0.5, 0.6) is 0 Å². The number of nitrogens with one attached hydrogen (secondary N) is 1. The first kappa shape index (κ1) is 16.6. The van der Waals surface area contributed by atoms with E-state index >= 15 is 0 Å². The molecule has 0 spiro atoms. The Labute approximate surface area is 129 Å². The lowest BCUT2D eigenvalue weighted by atomic mass is 10.0. The van der Waals surface area contributed by atoms with Crippen LogP contribution in [0.1, 0.15) is 59.3 Å². The lowest BCUT2D eigenvalue weighted by Gasteiger charge is -2.27. The van der Waals surface area contributed by atoms with Crippen molar-refractivity contribution in [1.82, 2.24) is 10.2 Å². The minimum absolute atomic E-state index is 0.140. The van der Waals surface area contributed by atoms with E-state index in [-0.39, 0.29) is 12.1 Å². The van der Waals surface area contributed by atoms with Gasteiger partial charge in [0, 0.05) is 31.2 Å². The summed E-state index contributed by atoms with van der Waals surface area (Å²) in [5, 5.41) is 3.20. The van der Waals surface area contributed by atoms with Gasteiger partial charge in [0.2, 0.25) is 0 Å². The molecule has 0 radical (unpaired) electrons. The summed E-state index contributed by atoms with van der Waals surface area (Å²) in [6, 6.07) is 0.896. The lowest BCUT2D eigenvalue weighted by molar-refractivity contribution is 0.160. The monoisotopic (exact) mass is 296 g/mol. The second-order valence-electron chi connectivity index (χ2n) is 7.29. The second-order valence-corrected chi connectivity index (χ2v) is 7.29. The third-order valence-electron chi connectivity index (χ3n) is 4.52. The van der Waals surface area contributed by atoms with Crippen molar-refractivity contribution in [2.24, 2.45) is 11.8 Å². The molecule has 1 N–H and O–H groups in total. The first-order valence-electron chi connectivity index (χ1n) is 8.71. The summed E-state index contributed by atoms with van der Waals surface area (Å²) in [7, 11) is 0. The van der Waals surface area contributed by atoms with E-state index in [1.54, 1.807) is 0 Å². The van der Waals surface area contributed by atoms with Gasteiger partial charge in [-0.05, 0) is 38.5 Å². The molecule has 122 valence electrons. The molecule has 0 aromatic heterocycles. The molecule has 0 bridgehead atoms. The van der Waals surface area contributed by atoms with Crippen LogP contribution in [0, 0.1) is 11.8 Å². The summed E-state index contributed by atoms with van der Waals surface area (Å²) in [4.78, 5) is 14.6. The van der Waals surface area contributed by atoms with Crippen molar-refractivity contribution in [3.63, 3.8) is 0 Å². The predicted octanol–water partition coefficient (Wildman–Crippen LogP) is 3.41. The molecule has 1 saturated carbocycles. The van der Waals surface area contributed by atoms with E-state index < -0.39 is 0 Å². The standard InChI is InChI=1S/C17H32N2O2/c1-13(2)5-4-6-14(3)18-17(20)19(16-7-8-16)11-15-9-10-21-12-15/h13-16H,4-12H2,1-3H3,(H,18,20). The van der Waals surface area contributed by atoms with Crippen molar-refractivity contribution in [3.05, 3.63) is 0 Å². The van der Waals surface area contributed by atoms with Crippen LogP contribution in [0.2, 0.25) is 0 Å². The number of amides is 2. The summed E-state index contributed by atoms with van der Waals surface area (Å²) in [6.07, 6.45) is 6.95. The van der Waals surface area contributed by atoms with E-state index in [4.69, 9.17) is 4.74 Å². The van der Waals surface area contributed by atoms with Gasteiger partial charge in [-0.1, -0.05) is 26.7 Å². The Bertz CT molecular complexity index is 323. The zero-order chi connectivity index (χ0) is 15.2. The number of rotatable bonds is 8. The Morgan fingerprint density at radius 2 is 2.00 bits per heavy atom. The van der Waals surface area contributed by atoms with Gasteiger partial charge >= 0.3 is 6.03 Å². The molecule has 0 aromatic rings. The molecule has 4 heteroatoms. The van der Waals surface area contributed by atoms with Crippen LogP contribution in [0.4, 0.5) is 4.79 Å². The fourth-order valence-corrected chi connectivity index (χ4v) is 2.99. The number of ether oxygens (including phenoxy) is 1. The Morgan fingerprint density at radius 3 is 2.57 bits per heavy atom. The second kappa shape index (κ2) is 8.02. The summed E-state index contributed by atoms with van der Waals surface area (Å²) in [5.74, 6) is 1.28. The molecular weight excluding hydrogens is 264 g/mol. The van der Waals surface area contributed by atoms with Gasteiger partial charge in [-0.3, -0.25) is 0 Å². The molecular formula is C17H32N2O2. The van der Waals surface area contributed by atoms with Crippen LogP contribution in [0.3, 0.4) is 0 Å². The van der Waals surface area contributed by atoms with Crippen molar-refractivity contribution in [2.75, 3.05) is 19.8 Å². The van der Waals surface area contributed by atoms with Crippen LogP contribution in [0.25, 0.3) is 0 Å². The maximum atomic E-state index is 12.5. The maximum Gasteiger partial charge on any atom is 0.317 e. The van der Waals surface area contributed by atoms with Crippen molar-refractivity contribution >= 4 is 6.03 Å². The number of hydrogen-bond acceptors (Lipinski definition) is 2. The van der Waals surface area contributed by atoms with Crippen LogP contribution in [-0.2, 0) is 4.74 Å². The number of urea groups is 1. The van der Waals surface area contributed by atoms with Gasteiger partial charge in [0.15, 0.2) is 0 Å². The van der Waals surface area contributed by atoms with Gasteiger partial charge in [0.05, 0.1) is 6.61 Å². The Balaban J connectivity index is 1.72. The SMILES string of the molecule is CC(C)CCCC(C)NC(=O)N(CC1CCOC1)C1CC1. The third kappa shape index (κ3) is 5.85. The Morgan fingerprint density at radius 1 is 1.24 bits per heavy atom. The van der Waals surface area contributed by atoms with Crippen LogP contribution >= 0.6 is 0 Å². The summed E-state index contributed by atoms with van der Waals surface area (Å²) in [6.45, 7) is 9.18. The zero-order valence-electron chi connectivity index (χ0n) is 13.9. The minimum Gasteiger partial charge on any atom is -0.381 e. The molecule has 21 heavy (non-hydrogen) atoms. The number of hydrogen-bond donors (Lipinski definition) is 1. The molecule has 2 rings (SSSR count). The molecule has 0 aromatic carbocycles. The van der Waals surface area contributed by atoms with Crippen LogP contribution in [-0.4, -0.2) is 42.8 Å². The van der Waals surface area contributed by atoms with E-state index in [0.717, 1.165) is 38.5 Å². The quantitative estimate of drug-likeness (QED) is 0.746. The maximum absolute atomic E-state index is 12.5. The number of nitrogens with zero attached hydrogens (tertiary/aromatic N) is 1. The Kier molecular flexibility index (Phi) is 6.34. The minimum atomic E-state index is 0.140. The van der Waals surface area contributed by atoms with Crippen molar-refractivity contribution in [1.29, 1.82) is 0 Å². The molecule has 1 saturated heterocycles. The normalized spacial score (nSPS) is 23.3. The molecule has 1 aliphatic carbocycles. The largest absolute Gasteiger partial charge is 0.381 e. The smallest absolute Gasteiger partial charge is 0.317 e. The third-order valence-corrected chi connectivity index (χ3v) is 4.52. The van der Waals surface area contributed by atoms with Crippen LogP contribution < -0.4 is 5.32 Å². The average molecular weight is 296 g/mol. The van der Waals surface area contributed by atoms with E-state index in [9.17, 15) is 4.79 Å². The fourth-order valence-electron chi connectivity index (χ4n) is 2.99. The molecule has 2 atom stereocenters. The number of carbonyl (C=O) groups is 1. The Hall–Kier alpha value is -0.770. The summed E-state index contributed by atoms with van der Waals surface area (Å²) in [5.41, 5.74) is 0. The first-order valence-corrected chi connectivity index (χ1v) is 8.71.